The van der Waals surface area contributed by atoms with E-state index in [1.165, 1.54) is 79.2 Å². The predicted octanol–water partition coefficient (Wildman–Crippen LogP) is 7.77. The first-order chi connectivity index (χ1) is 20.7. The van der Waals surface area contributed by atoms with Crippen LogP contribution >= 0.6 is 0 Å². The van der Waals surface area contributed by atoms with E-state index in [-0.39, 0.29) is 16.5 Å². The SMILES string of the molecule is CC1=CC(C)(C)N2CCCc3c2c1cc1c3C(C)(C)c2c3c4c(cc2=C1c1ccc(C)cc1C)C(C)=CC(C)(C)[N+]=4CCC3. The molecule has 0 saturated heterocycles. The number of rotatable bonds is 1. The highest BCUT2D eigenvalue weighted by Crippen LogP contribution is 2.52. The molecule has 0 fully saturated rings. The van der Waals surface area contributed by atoms with E-state index in [4.69, 9.17) is 0 Å². The largest absolute Gasteiger partial charge is 0.362 e. The molecule has 0 N–H and O–H groups in total. The number of hydrogen-bond donors (Lipinski definition) is 0. The van der Waals surface area contributed by atoms with Crippen LogP contribution in [0.15, 0.2) is 42.5 Å². The van der Waals surface area contributed by atoms with Crippen molar-refractivity contribution >= 4 is 22.4 Å². The second-order valence-corrected chi connectivity index (χ2v) is 16.1. The predicted molar refractivity (Wildman–Crippen MR) is 187 cm³/mol. The highest BCUT2D eigenvalue weighted by molar-refractivity contribution is 5.94. The molecule has 0 aromatic heterocycles. The molecule has 1 aliphatic carbocycles. The van der Waals surface area contributed by atoms with Gasteiger partial charge in [0, 0.05) is 54.6 Å². The molecular weight excluding hydrogens is 532 g/mol. The standard InChI is InChI=1S/C42H49N2/c1-24-15-16-28(25(2)19-24)35-33-20-31-26(3)22-40(5,6)43-17-11-13-29(38(31)43)36(33)42(9,10)37-30-14-12-18-44-39(30)32(21-34(35)37)27(4)23-41(44,7)8/h15-16,19-23H,11-14,17-18H2,1-10H3/q+1. The van der Waals surface area contributed by atoms with Crippen molar-refractivity contribution in [3.8, 4) is 0 Å². The summed E-state index contributed by atoms with van der Waals surface area (Å²) in [6, 6.07) is 12.3. The second-order valence-electron chi connectivity index (χ2n) is 16.1. The first-order valence-electron chi connectivity index (χ1n) is 17.0. The molecule has 0 atom stereocenters. The first-order valence-corrected chi connectivity index (χ1v) is 17.0. The number of hydrogen-bond acceptors (Lipinski definition) is 1. The van der Waals surface area contributed by atoms with Crippen molar-refractivity contribution < 1.29 is 0 Å². The van der Waals surface area contributed by atoms with Gasteiger partial charge in [-0.1, -0.05) is 43.7 Å². The van der Waals surface area contributed by atoms with E-state index < -0.39 is 0 Å². The van der Waals surface area contributed by atoms with Crippen molar-refractivity contribution in [2.45, 2.75) is 111 Å². The average Bonchev–Trinajstić information content (AvgIpc) is 2.94. The highest BCUT2D eigenvalue weighted by atomic mass is 15.2. The Morgan fingerprint density at radius 1 is 0.705 bits per heavy atom. The van der Waals surface area contributed by atoms with Crippen LogP contribution in [-0.2, 0) is 18.3 Å². The third-order valence-corrected chi connectivity index (χ3v) is 11.8. The summed E-state index contributed by atoms with van der Waals surface area (Å²) >= 11 is 0. The summed E-state index contributed by atoms with van der Waals surface area (Å²) in [4.78, 5) is 2.73. The molecule has 2 nitrogen and oxygen atoms in total. The lowest BCUT2D eigenvalue weighted by Crippen LogP contribution is -2.55. The molecule has 0 saturated carbocycles. The first kappa shape index (κ1) is 28.1. The maximum atomic E-state index is 2.73. The van der Waals surface area contributed by atoms with Crippen LogP contribution in [0, 0.1) is 13.8 Å². The Kier molecular flexibility index (Phi) is 5.66. The Bertz CT molecular complexity index is 2020. The smallest absolute Gasteiger partial charge is 0.211 e. The van der Waals surface area contributed by atoms with Crippen LogP contribution in [0.3, 0.4) is 0 Å². The van der Waals surface area contributed by atoms with Gasteiger partial charge < -0.3 is 4.90 Å². The van der Waals surface area contributed by atoms with Gasteiger partial charge in [-0.05, 0) is 134 Å². The quantitative estimate of drug-likeness (QED) is 0.266. The van der Waals surface area contributed by atoms with Crippen molar-refractivity contribution in [3.63, 3.8) is 0 Å². The summed E-state index contributed by atoms with van der Waals surface area (Å²) in [5.41, 5.74) is 20.6. The maximum absolute atomic E-state index is 2.73. The van der Waals surface area contributed by atoms with E-state index in [1.807, 2.05) is 0 Å². The van der Waals surface area contributed by atoms with Crippen LogP contribution in [0.2, 0.25) is 0 Å². The van der Waals surface area contributed by atoms with Crippen molar-refractivity contribution in [1.82, 2.24) is 4.58 Å². The third-order valence-electron chi connectivity index (χ3n) is 11.8. The molecule has 44 heavy (non-hydrogen) atoms. The minimum atomic E-state index is -0.105. The molecule has 0 unspecified atom stereocenters. The van der Waals surface area contributed by atoms with Gasteiger partial charge in [0.15, 0.2) is 5.54 Å². The molecule has 2 heteroatoms. The van der Waals surface area contributed by atoms with Gasteiger partial charge in [-0.15, -0.1) is 0 Å². The van der Waals surface area contributed by atoms with Gasteiger partial charge in [0.2, 0.25) is 5.36 Å². The zero-order valence-electron chi connectivity index (χ0n) is 28.7. The van der Waals surface area contributed by atoms with Gasteiger partial charge in [0.1, 0.15) is 6.54 Å². The van der Waals surface area contributed by atoms with Crippen LogP contribution < -0.4 is 20.1 Å². The van der Waals surface area contributed by atoms with E-state index in [1.54, 1.807) is 22.3 Å². The van der Waals surface area contributed by atoms with Gasteiger partial charge in [0.05, 0.1) is 5.54 Å². The number of allylic oxidation sites excluding steroid dienone is 2. The number of nitrogens with zero attached hydrogens (tertiary/aromatic N) is 2. The van der Waals surface area contributed by atoms with Crippen molar-refractivity contribution in [1.29, 1.82) is 0 Å². The van der Waals surface area contributed by atoms with Crippen LogP contribution in [0.5, 0.6) is 0 Å². The van der Waals surface area contributed by atoms with E-state index in [0.29, 0.717) is 0 Å². The van der Waals surface area contributed by atoms with Crippen molar-refractivity contribution in [3.05, 3.63) is 109 Å². The molecule has 226 valence electrons. The minimum absolute atomic E-state index is 0.0261. The molecule has 0 radical (unpaired) electrons. The Hall–Kier alpha value is -3.39. The fourth-order valence-electron chi connectivity index (χ4n) is 10.2. The fourth-order valence-corrected chi connectivity index (χ4v) is 10.2. The molecule has 0 spiro atoms. The van der Waals surface area contributed by atoms with Gasteiger partial charge in [-0.25, -0.2) is 4.58 Å². The van der Waals surface area contributed by atoms with Crippen LogP contribution in [0.1, 0.15) is 124 Å². The Morgan fingerprint density at radius 2 is 1.43 bits per heavy atom. The Labute approximate surface area is 264 Å². The van der Waals surface area contributed by atoms with Crippen molar-refractivity contribution in [2.24, 2.45) is 0 Å². The normalized spacial score (nSPS) is 21.5. The topological polar surface area (TPSA) is 6.25 Å². The average molecular weight is 582 g/mol. The molecule has 0 amide bonds. The number of aryl methyl sites for hydroxylation is 2. The lowest BCUT2D eigenvalue weighted by Gasteiger charge is -2.49. The summed E-state index contributed by atoms with van der Waals surface area (Å²) in [6.07, 6.45) is 9.77. The summed E-state index contributed by atoms with van der Waals surface area (Å²) in [7, 11) is 0. The summed E-state index contributed by atoms with van der Waals surface area (Å²) in [5, 5.41) is 2.99. The molecular formula is C42H49N2+. The molecule has 3 aromatic carbocycles. The van der Waals surface area contributed by atoms with E-state index in [2.05, 4.69) is 121 Å². The van der Waals surface area contributed by atoms with Crippen LogP contribution in [0.4, 0.5) is 5.69 Å². The third kappa shape index (κ3) is 3.57. The monoisotopic (exact) mass is 581 g/mol. The lowest BCUT2D eigenvalue weighted by atomic mass is 9.62. The van der Waals surface area contributed by atoms with E-state index >= 15 is 0 Å². The Balaban J connectivity index is 1.62. The molecule has 0 bridgehead atoms. The highest BCUT2D eigenvalue weighted by Gasteiger charge is 2.46. The van der Waals surface area contributed by atoms with Crippen molar-refractivity contribution in [2.75, 3.05) is 18.0 Å². The van der Waals surface area contributed by atoms with Crippen LogP contribution in [-0.4, -0.2) is 24.2 Å². The molecule has 5 aliphatic rings. The number of fused-ring (bicyclic) bond motifs is 4. The Morgan fingerprint density at radius 3 is 2.18 bits per heavy atom. The molecule has 8 rings (SSSR count). The molecule has 3 aromatic rings. The lowest BCUT2D eigenvalue weighted by molar-refractivity contribution is 0.367. The fraction of sp³-hybridized carbons (Fsp3) is 0.452. The summed E-state index contributed by atoms with van der Waals surface area (Å²) in [6.45, 7) is 26.2. The zero-order chi connectivity index (χ0) is 31.1. The maximum Gasteiger partial charge on any atom is 0.211 e. The van der Waals surface area contributed by atoms with Gasteiger partial charge >= 0.3 is 0 Å². The summed E-state index contributed by atoms with van der Waals surface area (Å²) in [5.74, 6) is 0. The van der Waals surface area contributed by atoms with E-state index in [9.17, 15) is 0 Å². The minimum Gasteiger partial charge on any atom is -0.362 e. The second kappa shape index (κ2) is 8.87. The number of benzene rings is 3. The van der Waals surface area contributed by atoms with Gasteiger partial charge in [0.25, 0.3) is 0 Å². The van der Waals surface area contributed by atoms with Crippen LogP contribution in [0.25, 0.3) is 16.7 Å². The zero-order valence-corrected chi connectivity index (χ0v) is 28.7. The van der Waals surface area contributed by atoms with E-state index in [0.717, 1.165) is 25.9 Å². The molecule has 4 heterocycles. The number of anilines is 1. The summed E-state index contributed by atoms with van der Waals surface area (Å²) < 4.78 is 2.73. The molecule has 4 aliphatic heterocycles. The van der Waals surface area contributed by atoms with Gasteiger partial charge in [-0.3, -0.25) is 0 Å². The van der Waals surface area contributed by atoms with Gasteiger partial charge in [-0.2, -0.15) is 0 Å².